The van der Waals surface area contributed by atoms with Crippen LogP contribution in [0.3, 0.4) is 0 Å². The summed E-state index contributed by atoms with van der Waals surface area (Å²) in [4.78, 5) is 39.0. The third kappa shape index (κ3) is 2.96. The van der Waals surface area contributed by atoms with Crippen molar-refractivity contribution in [2.24, 2.45) is 0 Å². The lowest BCUT2D eigenvalue weighted by Crippen LogP contribution is -2.44. The van der Waals surface area contributed by atoms with Gasteiger partial charge in [-0.15, -0.1) is 0 Å². The van der Waals surface area contributed by atoms with Gasteiger partial charge >= 0.3 is 6.03 Å². The van der Waals surface area contributed by atoms with Crippen LogP contribution in [0, 0.1) is 0 Å². The van der Waals surface area contributed by atoms with E-state index < -0.39 is 18.0 Å². The zero-order valence-electron chi connectivity index (χ0n) is 12.0. The van der Waals surface area contributed by atoms with Crippen molar-refractivity contribution in [3.05, 3.63) is 24.2 Å². The number of morpholine rings is 1. The molecule has 4 amide bonds. The van der Waals surface area contributed by atoms with Gasteiger partial charge in [0.25, 0.3) is 5.91 Å². The highest BCUT2D eigenvalue weighted by atomic mass is 16.5. The maximum atomic E-state index is 12.3. The number of ether oxygens (including phenoxy) is 1. The van der Waals surface area contributed by atoms with Crippen molar-refractivity contribution in [1.29, 1.82) is 0 Å². The van der Waals surface area contributed by atoms with Crippen molar-refractivity contribution in [1.82, 2.24) is 15.1 Å². The van der Waals surface area contributed by atoms with E-state index in [-0.39, 0.29) is 18.9 Å². The van der Waals surface area contributed by atoms with Crippen molar-refractivity contribution in [3.63, 3.8) is 0 Å². The normalized spacial score (nSPS) is 22.1. The highest BCUT2D eigenvalue weighted by Gasteiger charge is 2.40. The third-order valence-electron chi connectivity index (χ3n) is 3.74. The van der Waals surface area contributed by atoms with Crippen LogP contribution in [-0.4, -0.2) is 60.0 Å². The number of rotatable bonds is 4. The Morgan fingerprint density at radius 3 is 2.77 bits per heavy atom. The van der Waals surface area contributed by atoms with Crippen molar-refractivity contribution in [3.8, 4) is 0 Å². The van der Waals surface area contributed by atoms with Gasteiger partial charge in [-0.3, -0.25) is 14.5 Å². The molecule has 1 N–H and O–H groups in total. The number of amides is 4. The summed E-state index contributed by atoms with van der Waals surface area (Å²) in [5.41, 5.74) is 0. The average Bonchev–Trinajstić information content (AvgIpc) is 3.13. The molecule has 2 aliphatic heterocycles. The van der Waals surface area contributed by atoms with Crippen LogP contribution < -0.4 is 5.32 Å². The van der Waals surface area contributed by atoms with E-state index in [0.717, 1.165) is 4.90 Å². The second kappa shape index (κ2) is 6.18. The number of nitrogens with one attached hydrogen (secondary N) is 1. The molecule has 1 aromatic rings. The predicted molar refractivity (Wildman–Crippen MR) is 73.6 cm³/mol. The Labute approximate surface area is 127 Å². The van der Waals surface area contributed by atoms with E-state index in [2.05, 4.69) is 5.32 Å². The van der Waals surface area contributed by atoms with Crippen LogP contribution in [0.5, 0.6) is 0 Å². The lowest BCUT2D eigenvalue weighted by molar-refractivity contribution is -0.138. The molecule has 2 fully saturated rings. The van der Waals surface area contributed by atoms with Crippen molar-refractivity contribution in [2.45, 2.75) is 19.0 Å². The van der Waals surface area contributed by atoms with Gasteiger partial charge in [-0.25, -0.2) is 4.79 Å². The number of imide groups is 1. The van der Waals surface area contributed by atoms with Gasteiger partial charge in [0.15, 0.2) is 0 Å². The number of hydrogen-bond acceptors (Lipinski definition) is 5. The van der Waals surface area contributed by atoms with Crippen LogP contribution >= 0.6 is 0 Å². The Bertz CT molecular complexity index is 565. The predicted octanol–water partition coefficient (Wildman–Crippen LogP) is -0.0511. The Morgan fingerprint density at radius 2 is 2.09 bits per heavy atom. The highest BCUT2D eigenvalue weighted by Crippen LogP contribution is 2.15. The van der Waals surface area contributed by atoms with E-state index in [1.165, 1.54) is 6.26 Å². The van der Waals surface area contributed by atoms with Crippen LogP contribution in [0.1, 0.15) is 12.2 Å². The topological polar surface area (TPSA) is 92.1 Å². The van der Waals surface area contributed by atoms with Gasteiger partial charge in [-0.1, -0.05) is 0 Å². The fourth-order valence-electron chi connectivity index (χ4n) is 2.54. The number of carbonyl (C=O) groups excluding carboxylic acids is 3. The summed E-state index contributed by atoms with van der Waals surface area (Å²) in [5, 5.41) is 2.55. The summed E-state index contributed by atoms with van der Waals surface area (Å²) in [6, 6.07) is 2.07. The van der Waals surface area contributed by atoms with Gasteiger partial charge in [0.2, 0.25) is 5.91 Å². The second-order valence-electron chi connectivity index (χ2n) is 5.20. The van der Waals surface area contributed by atoms with Gasteiger partial charge in [-0.05, 0) is 12.1 Å². The van der Waals surface area contributed by atoms with Crippen LogP contribution in [-0.2, 0) is 20.9 Å². The van der Waals surface area contributed by atoms with Crippen LogP contribution in [0.25, 0.3) is 0 Å². The molecule has 0 radical (unpaired) electrons. The smallest absolute Gasteiger partial charge is 0.325 e. The van der Waals surface area contributed by atoms with Gasteiger partial charge in [0, 0.05) is 13.1 Å². The minimum atomic E-state index is -0.808. The minimum Gasteiger partial charge on any atom is -0.467 e. The fourth-order valence-corrected chi connectivity index (χ4v) is 2.54. The molecule has 0 aromatic carbocycles. The third-order valence-corrected chi connectivity index (χ3v) is 3.74. The zero-order chi connectivity index (χ0) is 15.5. The first-order valence-electron chi connectivity index (χ1n) is 7.15. The van der Waals surface area contributed by atoms with E-state index in [4.69, 9.17) is 9.15 Å². The molecule has 3 heterocycles. The molecule has 0 spiro atoms. The van der Waals surface area contributed by atoms with E-state index in [1.54, 1.807) is 17.0 Å². The largest absolute Gasteiger partial charge is 0.467 e. The minimum absolute atomic E-state index is 0.0285. The average molecular weight is 307 g/mol. The first kappa shape index (κ1) is 14.6. The maximum absolute atomic E-state index is 12.3. The second-order valence-corrected chi connectivity index (χ2v) is 5.20. The van der Waals surface area contributed by atoms with Gasteiger partial charge < -0.3 is 19.4 Å². The van der Waals surface area contributed by atoms with E-state index in [1.807, 2.05) is 0 Å². The van der Waals surface area contributed by atoms with E-state index in [9.17, 15) is 14.4 Å². The first-order chi connectivity index (χ1) is 10.6. The summed E-state index contributed by atoms with van der Waals surface area (Å²) >= 11 is 0. The summed E-state index contributed by atoms with van der Waals surface area (Å²) < 4.78 is 10.3. The van der Waals surface area contributed by atoms with Crippen molar-refractivity contribution >= 4 is 17.8 Å². The van der Waals surface area contributed by atoms with E-state index >= 15 is 0 Å². The highest BCUT2D eigenvalue weighted by molar-refractivity contribution is 6.05. The summed E-state index contributed by atoms with van der Waals surface area (Å²) in [5.74, 6) is -0.0338. The number of hydrogen-bond donors (Lipinski definition) is 1. The van der Waals surface area contributed by atoms with Gasteiger partial charge in [0.1, 0.15) is 11.8 Å². The zero-order valence-corrected chi connectivity index (χ0v) is 12.0. The van der Waals surface area contributed by atoms with Crippen molar-refractivity contribution in [2.75, 3.05) is 26.3 Å². The molecule has 1 atom stereocenters. The SMILES string of the molecule is O=C(C[C@H]1NC(=O)N(Cc2ccco2)C1=O)N1CCOCC1. The summed E-state index contributed by atoms with van der Waals surface area (Å²) in [7, 11) is 0. The standard InChI is InChI=1S/C14H17N3O5/c18-12(16-3-6-21-7-4-16)8-11-13(19)17(14(20)15-11)9-10-2-1-5-22-10/h1-2,5,11H,3-4,6-9H2,(H,15,20)/t11-/m1/s1. The number of urea groups is 1. The van der Waals surface area contributed by atoms with Crippen LogP contribution in [0.4, 0.5) is 4.79 Å². The Kier molecular flexibility index (Phi) is 4.10. The van der Waals surface area contributed by atoms with E-state index in [0.29, 0.717) is 32.1 Å². The monoisotopic (exact) mass is 307 g/mol. The molecule has 2 saturated heterocycles. The molecule has 0 unspecified atom stereocenters. The van der Waals surface area contributed by atoms with Crippen molar-refractivity contribution < 1.29 is 23.5 Å². The molecule has 22 heavy (non-hydrogen) atoms. The molecule has 0 bridgehead atoms. The quantitative estimate of drug-likeness (QED) is 0.787. The Balaban J connectivity index is 1.59. The molecule has 3 rings (SSSR count). The first-order valence-corrected chi connectivity index (χ1v) is 7.15. The maximum Gasteiger partial charge on any atom is 0.325 e. The molecule has 0 saturated carbocycles. The van der Waals surface area contributed by atoms with Crippen LogP contribution in [0.2, 0.25) is 0 Å². The van der Waals surface area contributed by atoms with Gasteiger partial charge in [0.05, 0.1) is 32.4 Å². The summed E-state index contributed by atoms with van der Waals surface area (Å²) in [6.07, 6.45) is 1.45. The molecular formula is C14H17N3O5. The number of nitrogens with zero attached hydrogens (tertiary/aromatic N) is 2. The lowest BCUT2D eigenvalue weighted by Gasteiger charge is -2.27. The molecule has 8 nitrogen and oxygen atoms in total. The molecule has 2 aliphatic rings. The molecule has 8 heteroatoms. The lowest BCUT2D eigenvalue weighted by atomic mass is 10.2. The fraction of sp³-hybridized carbons (Fsp3) is 0.500. The number of carbonyl (C=O) groups is 3. The molecule has 118 valence electrons. The van der Waals surface area contributed by atoms with Gasteiger partial charge in [-0.2, -0.15) is 0 Å². The van der Waals surface area contributed by atoms with Crippen LogP contribution in [0.15, 0.2) is 22.8 Å². The molecular weight excluding hydrogens is 290 g/mol. The molecule has 1 aromatic heterocycles. The molecule has 0 aliphatic carbocycles. The Hall–Kier alpha value is -2.35. The number of furan rings is 1. The Morgan fingerprint density at radius 1 is 1.32 bits per heavy atom. The summed E-state index contributed by atoms with van der Waals surface area (Å²) in [6.45, 7) is 2.11.